The van der Waals surface area contributed by atoms with Gasteiger partial charge in [0, 0.05) is 12.6 Å². The van der Waals surface area contributed by atoms with Crippen LogP contribution in [0, 0.1) is 6.92 Å². The monoisotopic (exact) mass is 307 g/mol. The fourth-order valence-electron chi connectivity index (χ4n) is 1.91. The Morgan fingerprint density at radius 3 is 2.57 bits per heavy atom. The summed E-state index contributed by atoms with van der Waals surface area (Å²) in [7, 11) is -3.66. The number of sulfonamides is 1. The molecule has 0 radical (unpaired) electrons. The quantitative estimate of drug-likeness (QED) is 0.853. The second-order valence-corrected chi connectivity index (χ2v) is 6.88. The smallest absolute Gasteiger partial charge is 0.309 e. The van der Waals surface area contributed by atoms with E-state index in [9.17, 15) is 8.42 Å². The molecular formula is C14H17N3O3S. The zero-order valence-corrected chi connectivity index (χ0v) is 12.5. The second-order valence-electron chi connectivity index (χ2n) is 5.20. The average Bonchev–Trinajstić information content (AvgIpc) is 3.20. The van der Waals surface area contributed by atoms with Crippen LogP contribution < -0.4 is 10.0 Å². The first-order valence-corrected chi connectivity index (χ1v) is 8.28. The number of aryl methyl sites for hydroxylation is 1. The van der Waals surface area contributed by atoms with Crippen molar-refractivity contribution in [1.29, 1.82) is 0 Å². The summed E-state index contributed by atoms with van der Waals surface area (Å²) in [6.45, 7) is 2.49. The van der Waals surface area contributed by atoms with Gasteiger partial charge in [-0.3, -0.25) is 0 Å². The van der Waals surface area contributed by atoms with Crippen LogP contribution in [0.2, 0.25) is 0 Å². The van der Waals surface area contributed by atoms with E-state index in [2.05, 4.69) is 15.0 Å². The highest BCUT2D eigenvalue weighted by Crippen LogP contribution is 2.20. The van der Waals surface area contributed by atoms with Gasteiger partial charge in [-0.15, -0.1) is 0 Å². The van der Waals surface area contributed by atoms with Crippen LogP contribution in [-0.4, -0.2) is 19.4 Å². The first kappa shape index (κ1) is 14.1. The molecule has 0 saturated heterocycles. The van der Waals surface area contributed by atoms with E-state index in [1.54, 1.807) is 19.1 Å². The first-order valence-electron chi connectivity index (χ1n) is 6.80. The Bertz CT molecular complexity index is 718. The zero-order valence-electron chi connectivity index (χ0n) is 11.7. The Morgan fingerprint density at radius 1 is 1.29 bits per heavy atom. The van der Waals surface area contributed by atoms with Gasteiger partial charge in [0.2, 0.25) is 0 Å². The second kappa shape index (κ2) is 5.50. The van der Waals surface area contributed by atoms with Crippen LogP contribution in [0.1, 0.15) is 24.1 Å². The minimum Gasteiger partial charge on any atom is -0.431 e. The van der Waals surface area contributed by atoms with Crippen LogP contribution >= 0.6 is 0 Å². The van der Waals surface area contributed by atoms with Crippen molar-refractivity contribution in [3.05, 3.63) is 41.8 Å². The molecule has 3 rings (SSSR count). The molecule has 0 bridgehead atoms. The van der Waals surface area contributed by atoms with E-state index in [4.69, 9.17) is 4.42 Å². The lowest BCUT2D eigenvalue weighted by Gasteiger charge is -2.06. The van der Waals surface area contributed by atoms with Gasteiger partial charge in [-0.2, -0.15) is 4.98 Å². The number of aromatic nitrogens is 1. The van der Waals surface area contributed by atoms with Crippen molar-refractivity contribution in [1.82, 2.24) is 10.3 Å². The molecule has 21 heavy (non-hydrogen) atoms. The standard InChI is InChI=1S/C14H17N3O3S/c1-10-9-20-14(16-10)17-21(18,19)13-6-2-11(3-7-13)8-15-12-4-5-12/h2-3,6-7,9,12,15H,4-5,8H2,1H3,(H,16,17). The highest BCUT2D eigenvalue weighted by Gasteiger charge is 2.20. The van der Waals surface area contributed by atoms with E-state index in [-0.39, 0.29) is 10.9 Å². The van der Waals surface area contributed by atoms with Crippen molar-refractivity contribution in [2.45, 2.75) is 37.2 Å². The molecule has 2 N–H and O–H groups in total. The Kier molecular flexibility index (Phi) is 3.69. The summed E-state index contributed by atoms with van der Waals surface area (Å²) in [6, 6.07) is 7.40. The largest absolute Gasteiger partial charge is 0.431 e. The van der Waals surface area contributed by atoms with Crippen molar-refractivity contribution in [2.24, 2.45) is 0 Å². The summed E-state index contributed by atoms with van der Waals surface area (Å²) in [5.74, 6) is 0. The number of nitrogens with zero attached hydrogens (tertiary/aromatic N) is 1. The fourth-order valence-corrected chi connectivity index (χ4v) is 2.85. The summed E-state index contributed by atoms with van der Waals surface area (Å²) < 4.78 is 31.7. The molecule has 1 aromatic heterocycles. The summed E-state index contributed by atoms with van der Waals surface area (Å²) >= 11 is 0. The van der Waals surface area contributed by atoms with Crippen LogP contribution in [0.25, 0.3) is 0 Å². The molecule has 0 spiro atoms. The SMILES string of the molecule is Cc1coc(NS(=O)(=O)c2ccc(CNC3CC3)cc2)n1. The summed E-state index contributed by atoms with van der Waals surface area (Å²) in [5.41, 5.74) is 1.68. The van der Waals surface area contributed by atoms with Gasteiger partial charge in [0.25, 0.3) is 10.0 Å². The van der Waals surface area contributed by atoms with Crippen LogP contribution in [0.4, 0.5) is 6.01 Å². The third-order valence-electron chi connectivity index (χ3n) is 3.25. The molecule has 112 valence electrons. The van der Waals surface area contributed by atoms with Crippen LogP contribution in [0.15, 0.2) is 39.8 Å². The van der Waals surface area contributed by atoms with Crippen LogP contribution in [0.5, 0.6) is 0 Å². The van der Waals surface area contributed by atoms with E-state index >= 15 is 0 Å². The number of anilines is 1. The Hall–Kier alpha value is -1.86. The van der Waals surface area contributed by atoms with E-state index < -0.39 is 10.0 Å². The number of rotatable bonds is 6. The lowest BCUT2D eigenvalue weighted by molar-refractivity contribution is 0.569. The van der Waals surface area contributed by atoms with Gasteiger partial charge in [0.1, 0.15) is 6.26 Å². The lowest BCUT2D eigenvalue weighted by atomic mass is 10.2. The number of benzene rings is 1. The van der Waals surface area contributed by atoms with E-state index in [1.165, 1.54) is 19.1 Å². The third kappa shape index (κ3) is 3.62. The molecule has 7 heteroatoms. The van der Waals surface area contributed by atoms with Crippen molar-refractivity contribution in [3.8, 4) is 0 Å². The number of hydrogen-bond acceptors (Lipinski definition) is 5. The first-order chi connectivity index (χ1) is 10.0. The molecule has 0 aliphatic heterocycles. The molecular weight excluding hydrogens is 290 g/mol. The number of oxazole rings is 1. The zero-order chi connectivity index (χ0) is 14.9. The molecule has 1 fully saturated rings. The Morgan fingerprint density at radius 2 is 2.00 bits per heavy atom. The molecule has 2 aromatic rings. The van der Waals surface area contributed by atoms with Gasteiger partial charge >= 0.3 is 6.01 Å². The highest BCUT2D eigenvalue weighted by molar-refractivity contribution is 7.92. The van der Waals surface area contributed by atoms with E-state index in [0.29, 0.717) is 11.7 Å². The molecule has 1 aliphatic carbocycles. The number of hydrogen-bond donors (Lipinski definition) is 2. The minimum absolute atomic E-state index is 0.0213. The van der Waals surface area contributed by atoms with Crippen LogP contribution in [0.3, 0.4) is 0 Å². The summed E-state index contributed by atoms with van der Waals surface area (Å²) in [4.78, 5) is 4.12. The molecule has 1 heterocycles. The van der Waals surface area contributed by atoms with Gasteiger partial charge in [0.15, 0.2) is 0 Å². The maximum absolute atomic E-state index is 12.2. The predicted octanol–water partition coefficient (Wildman–Crippen LogP) is 2.04. The lowest BCUT2D eigenvalue weighted by Crippen LogP contribution is -2.16. The van der Waals surface area contributed by atoms with Gasteiger partial charge < -0.3 is 9.73 Å². The Labute approximate surface area is 123 Å². The molecule has 1 aliphatic rings. The predicted molar refractivity (Wildman–Crippen MR) is 78.4 cm³/mol. The fraction of sp³-hybridized carbons (Fsp3) is 0.357. The molecule has 6 nitrogen and oxygen atoms in total. The summed E-state index contributed by atoms with van der Waals surface area (Å²) in [5, 5.41) is 3.38. The minimum atomic E-state index is -3.66. The van der Waals surface area contributed by atoms with E-state index in [0.717, 1.165) is 12.1 Å². The maximum atomic E-state index is 12.2. The van der Waals surface area contributed by atoms with Gasteiger partial charge in [-0.25, -0.2) is 13.1 Å². The van der Waals surface area contributed by atoms with Gasteiger partial charge in [0.05, 0.1) is 10.6 Å². The molecule has 1 aromatic carbocycles. The maximum Gasteiger partial charge on any atom is 0.309 e. The van der Waals surface area contributed by atoms with Crippen LogP contribution in [-0.2, 0) is 16.6 Å². The topological polar surface area (TPSA) is 84.2 Å². The molecule has 1 saturated carbocycles. The highest BCUT2D eigenvalue weighted by atomic mass is 32.2. The van der Waals surface area contributed by atoms with E-state index in [1.807, 2.05) is 12.1 Å². The molecule has 0 unspecified atom stereocenters. The summed E-state index contributed by atoms with van der Waals surface area (Å²) in [6.07, 6.45) is 3.85. The van der Waals surface area contributed by atoms with Crippen molar-refractivity contribution in [2.75, 3.05) is 4.72 Å². The van der Waals surface area contributed by atoms with Gasteiger partial charge in [-0.05, 0) is 37.5 Å². The average molecular weight is 307 g/mol. The third-order valence-corrected chi connectivity index (χ3v) is 4.58. The molecule has 0 atom stereocenters. The normalized spacial score (nSPS) is 15.1. The molecule has 0 amide bonds. The van der Waals surface area contributed by atoms with Crippen molar-refractivity contribution in [3.63, 3.8) is 0 Å². The Balaban J connectivity index is 1.69. The van der Waals surface area contributed by atoms with Crippen molar-refractivity contribution < 1.29 is 12.8 Å². The number of nitrogens with one attached hydrogen (secondary N) is 2. The van der Waals surface area contributed by atoms with Gasteiger partial charge in [-0.1, -0.05) is 12.1 Å². The van der Waals surface area contributed by atoms with Crippen molar-refractivity contribution >= 4 is 16.0 Å².